The number of likely N-dealkylation sites (N-methyl/N-ethyl adjacent to an activating group) is 1. The van der Waals surface area contributed by atoms with Crippen LogP contribution in [-0.4, -0.2) is 28.9 Å². The van der Waals surface area contributed by atoms with Crippen molar-refractivity contribution in [1.82, 2.24) is 9.88 Å². The third-order valence-corrected chi connectivity index (χ3v) is 4.49. The van der Waals surface area contributed by atoms with Gasteiger partial charge in [0, 0.05) is 35.8 Å². The number of halogens is 1. The minimum absolute atomic E-state index is 0.0519. The molecule has 4 rings (SSSR count). The lowest BCUT2D eigenvalue weighted by molar-refractivity contribution is -0.131. The van der Waals surface area contributed by atoms with Crippen molar-refractivity contribution in [3.8, 4) is 0 Å². The van der Waals surface area contributed by atoms with Gasteiger partial charge in [0.25, 0.3) is 0 Å². The van der Waals surface area contributed by atoms with Crippen LogP contribution in [0.25, 0.3) is 10.9 Å². The number of carbonyl (C=O) groups is 1. The standard InChI is InChI=1S/C19H18FN3O/c1-23(11-15-9-13-8-14(20)6-7-17(13)21-15)19(24)18-10-12-4-2-3-5-16(12)22-18/h2-9,18,21-22H,10-11H2,1H3/t18-/m0/s1. The van der Waals surface area contributed by atoms with E-state index in [9.17, 15) is 9.18 Å². The van der Waals surface area contributed by atoms with Crippen molar-refractivity contribution >= 4 is 22.5 Å². The second-order valence-electron chi connectivity index (χ2n) is 6.28. The van der Waals surface area contributed by atoms with Crippen LogP contribution in [0.3, 0.4) is 0 Å². The van der Waals surface area contributed by atoms with Crippen molar-refractivity contribution in [3.05, 3.63) is 65.6 Å². The van der Waals surface area contributed by atoms with Gasteiger partial charge in [0.1, 0.15) is 11.9 Å². The molecule has 1 aromatic heterocycles. The highest BCUT2D eigenvalue weighted by atomic mass is 19.1. The van der Waals surface area contributed by atoms with E-state index >= 15 is 0 Å². The fourth-order valence-corrected chi connectivity index (χ4v) is 3.30. The largest absolute Gasteiger partial charge is 0.373 e. The van der Waals surface area contributed by atoms with Crippen molar-refractivity contribution in [2.45, 2.75) is 19.0 Å². The van der Waals surface area contributed by atoms with Crippen molar-refractivity contribution in [1.29, 1.82) is 0 Å². The quantitative estimate of drug-likeness (QED) is 0.777. The number of amides is 1. The van der Waals surface area contributed by atoms with E-state index in [0.29, 0.717) is 13.0 Å². The van der Waals surface area contributed by atoms with E-state index in [-0.39, 0.29) is 17.8 Å². The van der Waals surface area contributed by atoms with E-state index in [2.05, 4.69) is 10.3 Å². The van der Waals surface area contributed by atoms with Gasteiger partial charge in [-0.1, -0.05) is 18.2 Å². The van der Waals surface area contributed by atoms with Crippen LogP contribution in [0.1, 0.15) is 11.3 Å². The molecule has 2 aromatic carbocycles. The van der Waals surface area contributed by atoms with Crippen LogP contribution in [0.2, 0.25) is 0 Å². The molecule has 1 aliphatic rings. The van der Waals surface area contributed by atoms with E-state index in [0.717, 1.165) is 22.3 Å². The first-order valence-electron chi connectivity index (χ1n) is 7.97. The number of aromatic nitrogens is 1. The van der Waals surface area contributed by atoms with Crippen LogP contribution in [0, 0.1) is 5.82 Å². The summed E-state index contributed by atoms with van der Waals surface area (Å²) in [6.45, 7) is 0.462. The minimum atomic E-state index is -0.259. The maximum absolute atomic E-state index is 13.3. The first kappa shape index (κ1) is 14.8. The monoisotopic (exact) mass is 323 g/mol. The van der Waals surface area contributed by atoms with E-state index < -0.39 is 0 Å². The predicted octanol–water partition coefficient (Wildman–Crippen LogP) is 3.30. The SMILES string of the molecule is CN(Cc1cc2cc(F)ccc2[nH]1)C(=O)[C@@H]1Cc2ccccc2N1. The number of nitrogens with zero attached hydrogens (tertiary/aromatic N) is 1. The molecule has 122 valence electrons. The summed E-state index contributed by atoms with van der Waals surface area (Å²) in [5.41, 5.74) is 3.97. The van der Waals surface area contributed by atoms with Gasteiger partial charge in [0.2, 0.25) is 5.91 Å². The Bertz CT molecular complexity index is 893. The van der Waals surface area contributed by atoms with Crippen molar-refractivity contribution < 1.29 is 9.18 Å². The fraction of sp³-hybridized carbons (Fsp3) is 0.211. The zero-order valence-electron chi connectivity index (χ0n) is 13.3. The van der Waals surface area contributed by atoms with Crippen LogP contribution in [0.5, 0.6) is 0 Å². The van der Waals surface area contributed by atoms with Gasteiger partial charge < -0.3 is 15.2 Å². The van der Waals surface area contributed by atoms with Crippen molar-refractivity contribution in [2.75, 3.05) is 12.4 Å². The lowest BCUT2D eigenvalue weighted by atomic mass is 10.1. The van der Waals surface area contributed by atoms with Gasteiger partial charge >= 0.3 is 0 Å². The molecule has 0 saturated carbocycles. The molecule has 24 heavy (non-hydrogen) atoms. The Morgan fingerprint density at radius 1 is 1.25 bits per heavy atom. The Morgan fingerprint density at radius 2 is 2.08 bits per heavy atom. The van der Waals surface area contributed by atoms with Gasteiger partial charge in [-0.3, -0.25) is 4.79 Å². The van der Waals surface area contributed by atoms with Crippen LogP contribution < -0.4 is 5.32 Å². The first-order valence-corrected chi connectivity index (χ1v) is 7.97. The normalized spacial score (nSPS) is 16.0. The molecule has 2 N–H and O–H groups in total. The van der Waals surface area contributed by atoms with E-state index in [1.54, 1.807) is 18.0 Å². The molecule has 0 aliphatic carbocycles. The fourth-order valence-electron chi connectivity index (χ4n) is 3.30. The molecule has 5 heteroatoms. The molecule has 2 heterocycles. The Balaban J connectivity index is 1.47. The van der Waals surface area contributed by atoms with Crippen LogP contribution in [-0.2, 0) is 17.8 Å². The first-order chi connectivity index (χ1) is 11.6. The van der Waals surface area contributed by atoms with Gasteiger partial charge in [-0.15, -0.1) is 0 Å². The second-order valence-corrected chi connectivity index (χ2v) is 6.28. The molecule has 0 bridgehead atoms. The third-order valence-electron chi connectivity index (χ3n) is 4.49. The Kier molecular flexibility index (Phi) is 3.49. The summed E-state index contributed by atoms with van der Waals surface area (Å²) in [7, 11) is 1.79. The third kappa shape index (κ3) is 2.62. The highest BCUT2D eigenvalue weighted by Crippen LogP contribution is 2.26. The molecule has 1 atom stereocenters. The predicted molar refractivity (Wildman–Crippen MR) is 92.3 cm³/mol. The molecular formula is C19H18FN3O. The summed E-state index contributed by atoms with van der Waals surface area (Å²) in [6.07, 6.45) is 0.706. The Hall–Kier alpha value is -2.82. The Morgan fingerprint density at radius 3 is 2.92 bits per heavy atom. The molecule has 0 unspecified atom stereocenters. The number of fused-ring (bicyclic) bond motifs is 2. The summed E-state index contributed by atoms with van der Waals surface area (Å²) >= 11 is 0. The molecule has 0 radical (unpaired) electrons. The van der Waals surface area contributed by atoms with E-state index in [1.165, 1.54) is 17.7 Å². The number of hydrogen-bond donors (Lipinski definition) is 2. The lowest BCUT2D eigenvalue weighted by Crippen LogP contribution is -2.39. The average molecular weight is 323 g/mol. The van der Waals surface area contributed by atoms with Crippen LogP contribution >= 0.6 is 0 Å². The molecule has 0 saturated heterocycles. The van der Waals surface area contributed by atoms with Gasteiger partial charge in [-0.2, -0.15) is 0 Å². The number of nitrogens with one attached hydrogen (secondary N) is 2. The lowest BCUT2D eigenvalue weighted by Gasteiger charge is -2.21. The molecule has 0 fully saturated rings. The molecule has 1 amide bonds. The van der Waals surface area contributed by atoms with Crippen LogP contribution in [0.4, 0.5) is 10.1 Å². The number of para-hydroxylation sites is 1. The molecular weight excluding hydrogens is 305 g/mol. The number of rotatable bonds is 3. The van der Waals surface area contributed by atoms with Gasteiger partial charge in [0.15, 0.2) is 0 Å². The van der Waals surface area contributed by atoms with E-state index in [4.69, 9.17) is 0 Å². The summed E-state index contributed by atoms with van der Waals surface area (Å²) in [4.78, 5) is 17.6. The summed E-state index contributed by atoms with van der Waals surface area (Å²) < 4.78 is 13.3. The van der Waals surface area contributed by atoms with Gasteiger partial charge in [-0.25, -0.2) is 4.39 Å². The topological polar surface area (TPSA) is 48.1 Å². The van der Waals surface area contributed by atoms with Crippen LogP contribution in [0.15, 0.2) is 48.5 Å². The molecule has 3 aromatic rings. The maximum Gasteiger partial charge on any atom is 0.245 e. The van der Waals surface area contributed by atoms with Gasteiger partial charge in [0.05, 0.1) is 6.54 Å². The number of anilines is 1. The number of aromatic amines is 1. The van der Waals surface area contributed by atoms with E-state index in [1.807, 2.05) is 30.3 Å². The molecule has 0 spiro atoms. The number of H-pyrrole nitrogens is 1. The molecule has 4 nitrogen and oxygen atoms in total. The maximum atomic E-state index is 13.3. The molecule has 1 aliphatic heterocycles. The average Bonchev–Trinajstić information content (AvgIpc) is 3.16. The zero-order valence-corrected chi connectivity index (χ0v) is 13.3. The minimum Gasteiger partial charge on any atom is -0.373 e. The van der Waals surface area contributed by atoms with Crippen molar-refractivity contribution in [2.24, 2.45) is 0 Å². The number of benzene rings is 2. The van der Waals surface area contributed by atoms with Gasteiger partial charge in [-0.05, 0) is 35.9 Å². The summed E-state index contributed by atoms with van der Waals surface area (Å²) in [6, 6.07) is 14.3. The number of hydrogen-bond acceptors (Lipinski definition) is 2. The smallest absolute Gasteiger partial charge is 0.245 e. The Labute approximate surface area is 139 Å². The summed E-state index contributed by atoms with van der Waals surface area (Å²) in [5.74, 6) is -0.207. The highest BCUT2D eigenvalue weighted by molar-refractivity contribution is 5.87. The summed E-state index contributed by atoms with van der Waals surface area (Å²) in [5, 5.41) is 4.10. The number of carbonyl (C=O) groups excluding carboxylic acids is 1. The highest BCUT2D eigenvalue weighted by Gasteiger charge is 2.28. The second kappa shape index (κ2) is 5.67. The van der Waals surface area contributed by atoms with Crippen molar-refractivity contribution in [3.63, 3.8) is 0 Å². The zero-order chi connectivity index (χ0) is 16.7.